The van der Waals surface area contributed by atoms with Crippen LogP contribution in [0.3, 0.4) is 0 Å². The number of carboxylic acids is 1. The number of amides is 1. The SMILES string of the molecule is COCc1cccc(CNC(=O)CN2C[C@@H](C(F)(F)F)[C@H](C(=O)O)C2)c1. The number of benzene rings is 1. The number of alkyl halides is 3. The van der Waals surface area contributed by atoms with Crippen molar-refractivity contribution in [2.75, 3.05) is 26.7 Å². The maximum atomic E-state index is 13.0. The number of aliphatic carboxylic acids is 1. The molecule has 1 aliphatic heterocycles. The number of likely N-dealkylation sites (tertiary alicyclic amines) is 1. The number of hydrogen-bond acceptors (Lipinski definition) is 4. The highest BCUT2D eigenvalue weighted by molar-refractivity contribution is 5.78. The lowest BCUT2D eigenvalue weighted by molar-refractivity contribution is -0.188. The maximum Gasteiger partial charge on any atom is 0.393 e. The molecule has 0 aliphatic carbocycles. The first-order valence-corrected chi connectivity index (χ1v) is 8.06. The molecule has 2 N–H and O–H groups in total. The molecule has 144 valence electrons. The largest absolute Gasteiger partial charge is 0.481 e. The Kier molecular flexibility index (Phi) is 6.60. The Hall–Kier alpha value is -2.13. The van der Waals surface area contributed by atoms with Crippen LogP contribution in [0.5, 0.6) is 0 Å². The van der Waals surface area contributed by atoms with Crippen LogP contribution in [0.15, 0.2) is 24.3 Å². The second kappa shape index (κ2) is 8.50. The van der Waals surface area contributed by atoms with Gasteiger partial charge in [-0.25, -0.2) is 0 Å². The Bertz CT molecular complexity index is 651. The Labute approximate surface area is 148 Å². The number of nitrogens with one attached hydrogen (secondary N) is 1. The number of ether oxygens (including phenoxy) is 1. The summed E-state index contributed by atoms with van der Waals surface area (Å²) in [6, 6.07) is 7.37. The molecule has 26 heavy (non-hydrogen) atoms. The zero-order chi connectivity index (χ0) is 19.3. The van der Waals surface area contributed by atoms with Crippen LogP contribution in [0.2, 0.25) is 0 Å². The van der Waals surface area contributed by atoms with Gasteiger partial charge in [0.15, 0.2) is 0 Å². The van der Waals surface area contributed by atoms with Gasteiger partial charge in [-0.1, -0.05) is 24.3 Å². The highest BCUT2D eigenvalue weighted by atomic mass is 19.4. The van der Waals surface area contributed by atoms with E-state index in [-0.39, 0.29) is 19.6 Å². The standard InChI is InChI=1S/C17H21F3N2O4/c1-26-10-12-4-2-3-11(5-12)6-21-15(23)9-22-7-13(16(24)25)14(8-22)17(18,19)20/h2-5,13-14H,6-10H2,1H3,(H,21,23)(H,24,25)/t13-,14-/m1/s1. The summed E-state index contributed by atoms with van der Waals surface area (Å²) in [7, 11) is 1.57. The van der Waals surface area contributed by atoms with Crippen molar-refractivity contribution < 1.29 is 32.6 Å². The fourth-order valence-corrected chi connectivity index (χ4v) is 3.05. The number of halogens is 3. The van der Waals surface area contributed by atoms with Crippen LogP contribution in [0.25, 0.3) is 0 Å². The van der Waals surface area contributed by atoms with Gasteiger partial charge in [0.05, 0.1) is 25.0 Å². The minimum atomic E-state index is -4.60. The third-order valence-electron chi connectivity index (χ3n) is 4.29. The first-order valence-electron chi connectivity index (χ1n) is 8.06. The van der Waals surface area contributed by atoms with Gasteiger partial charge in [-0.05, 0) is 11.1 Å². The molecule has 2 atom stereocenters. The summed E-state index contributed by atoms with van der Waals surface area (Å²) in [5, 5.41) is 11.6. The van der Waals surface area contributed by atoms with E-state index in [1.165, 1.54) is 4.90 Å². The first-order chi connectivity index (χ1) is 12.2. The monoisotopic (exact) mass is 374 g/mol. The van der Waals surface area contributed by atoms with Crippen molar-refractivity contribution in [2.45, 2.75) is 19.3 Å². The third-order valence-corrected chi connectivity index (χ3v) is 4.29. The Balaban J connectivity index is 1.88. The summed E-state index contributed by atoms with van der Waals surface area (Å²) >= 11 is 0. The van der Waals surface area contributed by atoms with Crippen LogP contribution in [0.4, 0.5) is 13.2 Å². The molecule has 1 saturated heterocycles. The lowest BCUT2D eigenvalue weighted by Gasteiger charge is -2.18. The van der Waals surface area contributed by atoms with Crippen LogP contribution < -0.4 is 5.32 Å². The molecule has 1 amide bonds. The molecule has 0 aromatic heterocycles. The van der Waals surface area contributed by atoms with Crippen LogP contribution in [-0.2, 0) is 27.5 Å². The number of carbonyl (C=O) groups is 2. The summed E-state index contributed by atoms with van der Waals surface area (Å²) in [4.78, 5) is 24.3. The quantitative estimate of drug-likeness (QED) is 0.759. The van der Waals surface area contributed by atoms with Crippen LogP contribution in [-0.4, -0.2) is 54.8 Å². The molecule has 2 rings (SSSR count). The lowest BCUT2D eigenvalue weighted by atomic mass is 9.96. The molecule has 1 heterocycles. The van der Waals surface area contributed by atoms with E-state index in [1.807, 2.05) is 24.3 Å². The highest BCUT2D eigenvalue weighted by Gasteiger charge is 2.52. The Morgan fingerprint density at radius 2 is 2.00 bits per heavy atom. The van der Waals surface area contributed by atoms with Gasteiger partial charge in [-0.15, -0.1) is 0 Å². The average Bonchev–Trinajstić information content (AvgIpc) is 2.98. The zero-order valence-electron chi connectivity index (χ0n) is 14.3. The minimum Gasteiger partial charge on any atom is -0.481 e. The van der Waals surface area contributed by atoms with Gasteiger partial charge in [0.25, 0.3) is 0 Å². The molecule has 9 heteroatoms. The zero-order valence-corrected chi connectivity index (χ0v) is 14.3. The first kappa shape index (κ1) is 20.2. The average molecular weight is 374 g/mol. The second-order valence-electron chi connectivity index (χ2n) is 6.32. The van der Waals surface area contributed by atoms with Gasteiger partial charge in [-0.2, -0.15) is 13.2 Å². The van der Waals surface area contributed by atoms with E-state index in [9.17, 15) is 22.8 Å². The van der Waals surface area contributed by atoms with Gasteiger partial charge in [-0.3, -0.25) is 14.5 Å². The number of hydrogen-bond donors (Lipinski definition) is 2. The molecule has 0 spiro atoms. The summed E-state index contributed by atoms with van der Waals surface area (Å²) in [6.07, 6.45) is -4.60. The molecule has 0 saturated carbocycles. The number of methoxy groups -OCH3 is 1. The number of carboxylic acid groups (broad SMARTS) is 1. The molecule has 0 bridgehead atoms. The Morgan fingerprint density at radius 3 is 2.58 bits per heavy atom. The van der Waals surface area contributed by atoms with Gasteiger partial charge in [0.2, 0.25) is 5.91 Å². The van der Waals surface area contributed by atoms with Crippen LogP contribution >= 0.6 is 0 Å². The number of carbonyl (C=O) groups excluding carboxylic acids is 1. The van der Waals surface area contributed by atoms with E-state index in [1.54, 1.807) is 7.11 Å². The summed E-state index contributed by atoms with van der Waals surface area (Å²) in [5.41, 5.74) is 1.78. The normalized spacial score (nSPS) is 20.9. The van der Waals surface area contributed by atoms with Crippen LogP contribution in [0.1, 0.15) is 11.1 Å². The molecule has 1 aromatic rings. The van der Waals surface area contributed by atoms with E-state index in [0.717, 1.165) is 11.1 Å². The fourth-order valence-electron chi connectivity index (χ4n) is 3.05. The van der Waals surface area contributed by atoms with E-state index in [4.69, 9.17) is 9.84 Å². The number of rotatable bonds is 7. The summed E-state index contributed by atoms with van der Waals surface area (Å²) in [5.74, 6) is -5.45. The van der Waals surface area contributed by atoms with Crippen molar-refractivity contribution >= 4 is 11.9 Å². The Morgan fingerprint density at radius 1 is 1.31 bits per heavy atom. The van der Waals surface area contributed by atoms with E-state index < -0.39 is 36.4 Å². The van der Waals surface area contributed by atoms with E-state index in [0.29, 0.717) is 6.61 Å². The minimum absolute atomic E-state index is 0.231. The summed E-state index contributed by atoms with van der Waals surface area (Å²) < 4.78 is 43.9. The molecular weight excluding hydrogens is 353 g/mol. The molecule has 0 radical (unpaired) electrons. The van der Waals surface area contributed by atoms with Crippen molar-refractivity contribution in [1.29, 1.82) is 0 Å². The van der Waals surface area contributed by atoms with Gasteiger partial charge < -0.3 is 15.2 Å². The topological polar surface area (TPSA) is 78.9 Å². The van der Waals surface area contributed by atoms with E-state index in [2.05, 4.69) is 5.32 Å². The van der Waals surface area contributed by atoms with Gasteiger partial charge in [0.1, 0.15) is 0 Å². The predicted molar refractivity (Wildman–Crippen MR) is 86.1 cm³/mol. The highest BCUT2D eigenvalue weighted by Crippen LogP contribution is 2.37. The van der Waals surface area contributed by atoms with Crippen molar-refractivity contribution in [3.63, 3.8) is 0 Å². The summed E-state index contributed by atoms with van der Waals surface area (Å²) in [6.45, 7) is -0.387. The maximum absolute atomic E-state index is 13.0. The smallest absolute Gasteiger partial charge is 0.393 e. The molecule has 1 aliphatic rings. The van der Waals surface area contributed by atoms with Crippen molar-refractivity contribution in [3.8, 4) is 0 Å². The second-order valence-corrected chi connectivity index (χ2v) is 6.32. The molecule has 0 unspecified atom stereocenters. The lowest BCUT2D eigenvalue weighted by Crippen LogP contribution is -2.36. The molecular formula is C17H21F3N2O4. The molecule has 1 fully saturated rings. The van der Waals surface area contributed by atoms with Gasteiger partial charge >= 0.3 is 12.1 Å². The van der Waals surface area contributed by atoms with Gasteiger partial charge in [0, 0.05) is 26.7 Å². The predicted octanol–water partition coefficient (Wildman–Crippen LogP) is 1.64. The number of nitrogens with zero attached hydrogens (tertiary/aromatic N) is 1. The van der Waals surface area contributed by atoms with E-state index >= 15 is 0 Å². The van der Waals surface area contributed by atoms with Crippen LogP contribution in [0, 0.1) is 11.8 Å². The molecule has 6 nitrogen and oxygen atoms in total. The van der Waals surface area contributed by atoms with Crippen molar-refractivity contribution in [2.24, 2.45) is 11.8 Å². The third kappa shape index (κ3) is 5.43. The fraction of sp³-hybridized carbons (Fsp3) is 0.529. The molecule has 1 aromatic carbocycles. The van der Waals surface area contributed by atoms with Crippen molar-refractivity contribution in [1.82, 2.24) is 10.2 Å². The van der Waals surface area contributed by atoms with Crippen molar-refractivity contribution in [3.05, 3.63) is 35.4 Å².